The van der Waals surface area contributed by atoms with Crippen molar-refractivity contribution in [2.75, 3.05) is 23.1 Å². The summed E-state index contributed by atoms with van der Waals surface area (Å²) in [5, 5.41) is 22.4. The predicted octanol–water partition coefficient (Wildman–Crippen LogP) is 5.84. The molecule has 1 unspecified atom stereocenters. The lowest BCUT2D eigenvalue weighted by atomic mass is 9.68. The number of carbonyl (C=O) groups is 2. The molecule has 0 spiro atoms. The summed E-state index contributed by atoms with van der Waals surface area (Å²) < 4.78 is 6.19. The zero-order chi connectivity index (χ0) is 30.2. The molecule has 2 aliphatic rings. The van der Waals surface area contributed by atoms with Gasteiger partial charge < -0.3 is 15.8 Å². The lowest BCUT2D eigenvalue weighted by Crippen LogP contribution is -2.42. The van der Waals surface area contributed by atoms with Crippen molar-refractivity contribution in [1.82, 2.24) is 10.2 Å². The molecule has 9 nitrogen and oxygen atoms in total. The third kappa shape index (κ3) is 5.65. The maximum atomic E-state index is 13.8. The van der Waals surface area contributed by atoms with E-state index >= 15 is 0 Å². The smallest absolute Gasteiger partial charge is 0.234 e. The maximum Gasteiger partial charge on any atom is 0.234 e. The fraction of sp³-hybridized carbons (Fsp3) is 0.323. The average Bonchev–Trinajstić information content (AvgIpc) is 3.41. The number of aryl methyl sites for hydroxylation is 2. The number of nitriles is 1. The van der Waals surface area contributed by atoms with Crippen LogP contribution in [-0.2, 0) is 9.59 Å². The summed E-state index contributed by atoms with van der Waals surface area (Å²) >= 11 is 2.53. The molecule has 1 aromatic heterocycles. The van der Waals surface area contributed by atoms with E-state index in [0.29, 0.717) is 44.9 Å². The number of allylic oxidation sites excluding steroid dienone is 3. The van der Waals surface area contributed by atoms with Crippen LogP contribution in [0.1, 0.15) is 49.3 Å². The summed E-state index contributed by atoms with van der Waals surface area (Å²) in [5.41, 5.74) is 11.6. The van der Waals surface area contributed by atoms with E-state index in [1.807, 2.05) is 70.2 Å². The maximum absolute atomic E-state index is 13.8. The first-order valence-electron chi connectivity index (χ1n) is 13.5. The summed E-state index contributed by atoms with van der Waals surface area (Å²) in [5.74, 6) is 0.0772. The molecule has 0 radical (unpaired) electrons. The Balaban J connectivity index is 1.47. The fourth-order valence-electron chi connectivity index (χ4n) is 5.44. The molecule has 1 aliphatic carbocycles. The van der Waals surface area contributed by atoms with Gasteiger partial charge in [0.15, 0.2) is 10.1 Å². The van der Waals surface area contributed by atoms with Crippen LogP contribution in [0, 0.1) is 30.6 Å². The molecule has 0 bridgehead atoms. The number of para-hydroxylation sites is 1. The monoisotopic (exact) mass is 600 g/mol. The fourth-order valence-corrected chi connectivity index (χ4v) is 7.12. The molecule has 11 heteroatoms. The Bertz CT molecular complexity index is 1680. The molecule has 42 heavy (non-hydrogen) atoms. The molecule has 1 aliphatic heterocycles. The van der Waals surface area contributed by atoms with Crippen molar-refractivity contribution in [2.45, 2.75) is 50.8 Å². The number of hydrogen-bond donors (Lipinski definition) is 2. The number of amides is 1. The topological polar surface area (TPSA) is 134 Å². The number of rotatable bonds is 7. The Morgan fingerprint density at radius 1 is 1.21 bits per heavy atom. The molecule has 2 heterocycles. The Morgan fingerprint density at radius 3 is 2.69 bits per heavy atom. The van der Waals surface area contributed by atoms with E-state index in [9.17, 15) is 14.9 Å². The van der Waals surface area contributed by atoms with Crippen molar-refractivity contribution in [3.63, 3.8) is 0 Å². The first kappa shape index (κ1) is 29.4. The summed E-state index contributed by atoms with van der Waals surface area (Å²) in [6.45, 7) is 8.11. The molecule has 3 aromatic rings. The van der Waals surface area contributed by atoms with Gasteiger partial charge in [-0.1, -0.05) is 61.2 Å². The summed E-state index contributed by atoms with van der Waals surface area (Å²) in [7, 11) is 1.57. The van der Waals surface area contributed by atoms with Gasteiger partial charge in [-0.3, -0.25) is 14.5 Å². The van der Waals surface area contributed by atoms with E-state index in [1.54, 1.807) is 12.0 Å². The second kappa shape index (κ2) is 11.6. The number of carbonyl (C=O) groups excluding carboxylic acids is 2. The minimum Gasteiger partial charge on any atom is -0.496 e. The predicted molar refractivity (Wildman–Crippen MR) is 165 cm³/mol. The number of anilines is 2. The summed E-state index contributed by atoms with van der Waals surface area (Å²) in [4.78, 5) is 28.1. The number of methoxy groups -OCH3 is 1. The van der Waals surface area contributed by atoms with Crippen LogP contribution in [0.4, 0.5) is 10.8 Å². The van der Waals surface area contributed by atoms with Crippen molar-refractivity contribution in [1.29, 1.82) is 5.26 Å². The Hall–Kier alpha value is -4.14. The number of hydrogen-bond acceptors (Lipinski definition) is 10. The number of thioether (sulfide) groups is 1. The van der Waals surface area contributed by atoms with E-state index in [0.717, 1.165) is 16.8 Å². The molecule has 3 N–H and O–H groups in total. The van der Waals surface area contributed by atoms with Gasteiger partial charge in [-0.05, 0) is 55.0 Å². The van der Waals surface area contributed by atoms with Crippen LogP contribution < -0.4 is 20.7 Å². The molecule has 5 rings (SSSR count). The van der Waals surface area contributed by atoms with Gasteiger partial charge in [0, 0.05) is 28.9 Å². The van der Waals surface area contributed by atoms with Crippen LogP contribution in [-0.4, -0.2) is 34.8 Å². The number of nitrogens with zero attached hydrogens (tertiary/aromatic N) is 4. The number of aromatic nitrogens is 2. The van der Waals surface area contributed by atoms with E-state index in [-0.39, 0.29) is 34.3 Å². The quantitative estimate of drug-likeness (QED) is 0.321. The lowest BCUT2D eigenvalue weighted by Gasteiger charge is -2.42. The molecule has 0 saturated carbocycles. The first-order chi connectivity index (χ1) is 20.0. The third-order valence-corrected chi connectivity index (χ3v) is 9.58. The average molecular weight is 601 g/mol. The van der Waals surface area contributed by atoms with E-state index < -0.39 is 5.92 Å². The van der Waals surface area contributed by atoms with Gasteiger partial charge in [0.05, 0.1) is 30.4 Å². The SMILES string of the molecule is COc1ccccc1C1C(C#N)=C(N)N(c2nnc(SCC(=O)Nc3ccc(C)c(C)c3)s2)C2=C1C(=O)CC(C)(C)C2. The Kier molecular flexibility index (Phi) is 8.12. The number of benzene rings is 2. The Morgan fingerprint density at radius 2 is 1.98 bits per heavy atom. The number of Topliss-reactive ketones (excluding diaryl/α,β-unsaturated/α-hetero) is 1. The van der Waals surface area contributed by atoms with Gasteiger partial charge >= 0.3 is 0 Å². The van der Waals surface area contributed by atoms with Crippen molar-refractivity contribution in [3.05, 3.63) is 81.8 Å². The van der Waals surface area contributed by atoms with Gasteiger partial charge in [-0.25, -0.2) is 0 Å². The van der Waals surface area contributed by atoms with Crippen molar-refractivity contribution < 1.29 is 14.3 Å². The van der Waals surface area contributed by atoms with Crippen LogP contribution in [0.15, 0.2) is 69.5 Å². The van der Waals surface area contributed by atoms with Gasteiger partial charge in [0.1, 0.15) is 11.6 Å². The normalized spacial score (nSPS) is 18.0. The largest absolute Gasteiger partial charge is 0.496 e. The van der Waals surface area contributed by atoms with Gasteiger partial charge in [0.25, 0.3) is 0 Å². The van der Waals surface area contributed by atoms with E-state index in [2.05, 4.69) is 21.6 Å². The second-order valence-electron chi connectivity index (χ2n) is 11.2. The Labute approximate surface area is 253 Å². The third-order valence-electron chi connectivity index (χ3n) is 7.54. The zero-order valence-corrected chi connectivity index (χ0v) is 25.8. The van der Waals surface area contributed by atoms with Crippen LogP contribution in [0.3, 0.4) is 0 Å². The molecule has 1 atom stereocenters. The molecular weight excluding hydrogens is 569 g/mol. The van der Waals surface area contributed by atoms with Crippen molar-refractivity contribution in [2.24, 2.45) is 11.1 Å². The van der Waals surface area contributed by atoms with Crippen LogP contribution in [0.2, 0.25) is 0 Å². The van der Waals surface area contributed by atoms with E-state index in [4.69, 9.17) is 10.5 Å². The first-order valence-corrected chi connectivity index (χ1v) is 15.3. The zero-order valence-electron chi connectivity index (χ0n) is 24.1. The standard InChI is InChI=1S/C31H32N6O3S2/c1-17-10-11-19(12-18(17)2)34-25(39)16-41-30-36-35-29(42-30)37-22-13-31(3,4)14-23(38)27(22)26(21(15-32)28(37)33)20-8-6-7-9-24(20)40-5/h6-12,26H,13-14,16,33H2,1-5H3,(H,34,39). The molecular formula is C31H32N6O3S2. The lowest BCUT2D eigenvalue weighted by molar-refractivity contribution is -0.118. The van der Waals surface area contributed by atoms with Crippen LogP contribution in [0.5, 0.6) is 5.75 Å². The van der Waals surface area contributed by atoms with E-state index in [1.165, 1.54) is 23.1 Å². The molecule has 216 valence electrons. The van der Waals surface area contributed by atoms with Gasteiger partial charge in [-0.15, -0.1) is 10.2 Å². The highest BCUT2D eigenvalue weighted by molar-refractivity contribution is 8.01. The minimum absolute atomic E-state index is 0.0375. The second-order valence-corrected chi connectivity index (χ2v) is 13.4. The number of ketones is 1. The molecule has 0 fully saturated rings. The van der Waals surface area contributed by atoms with Gasteiger partial charge in [-0.2, -0.15) is 5.26 Å². The molecule has 1 amide bonds. The summed E-state index contributed by atoms with van der Waals surface area (Å²) in [6, 6.07) is 15.4. The van der Waals surface area contributed by atoms with Crippen molar-refractivity contribution in [3.8, 4) is 11.8 Å². The van der Waals surface area contributed by atoms with Gasteiger partial charge in [0.2, 0.25) is 11.0 Å². The highest BCUT2D eigenvalue weighted by Crippen LogP contribution is 2.52. The number of ether oxygens (including phenoxy) is 1. The summed E-state index contributed by atoms with van der Waals surface area (Å²) in [6.07, 6.45) is 0.899. The van der Waals surface area contributed by atoms with Crippen molar-refractivity contribution >= 4 is 45.6 Å². The number of nitrogens with one attached hydrogen (secondary N) is 1. The highest BCUT2D eigenvalue weighted by Gasteiger charge is 2.46. The number of nitrogens with two attached hydrogens (primary N) is 1. The highest BCUT2D eigenvalue weighted by atomic mass is 32.2. The molecule has 2 aromatic carbocycles. The van der Waals surface area contributed by atoms with Crippen LogP contribution >= 0.6 is 23.1 Å². The minimum atomic E-state index is -0.656. The van der Waals surface area contributed by atoms with Crippen LogP contribution in [0.25, 0.3) is 0 Å². The molecule has 0 saturated heterocycles.